The molecule has 22 heavy (non-hydrogen) atoms. The highest BCUT2D eigenvalue weighted by atomic mass is 16.3. The SMILES string of the molecule is CC(O)CC1CCCN1C(=O)c1ccc(-n2cnnc2)cc1. The summed E-state index contributed by atoms with van der Waals surface area (Å²) in [6.45, 7) is 2.54. The normalized spacial score (nSPS) is 19.4. The molecule has 1 amide bonds. The quantitative estimate of drug-likeness (QED) is 0.932. The number of carbonyl (C=O) groups excluding carboxylic acids is 1. The van der Waals surface area contributed by atoms with E-state index in [0.717, 1.165) is 25.1 Å². The molecule has 3 rings (SSSR count). The van der Waals surface area contributed by atoms with Crippen LogP contribution in [-0.2, 0) is 0 Å². The highest BCUT2D eigenvalue weighted by molar-refractivity contribution is 5.94. The van der Waals surface area contributed by atoms with E-state index >= 15 is 0 Å². The summed E-state index contributed by atoms with van der Waals surface area (Å²) in [6.07, 6.45) is 5.47. The van der Waals surface area contributed by atoms with E-state index in [1.54, 1.807) is 24.1 Å². The Balaban J connectivity index is 1.74. The van der Waals surface area contributed by atoms with Gasteiger partial charge in [0.15, 0.2) is 0 Å². The van der Waals surface area contributed by atoms with Crippen molar-refractivity contribution in [3.05, 3.63) is 42.5 Å². The van der Waals surface area contributed by atoms with Gasteiger partial charge in [0.05, 0.1) is 6.10 Å². The lowest BCUT2D eigenvalue weighted by Gasteiger charge is -2.25. The van der Waals surface area contributed by atoms with E-state index in [2.05, 4.69) is 10.2 Å². The number of carbonyl (C=O) groups is 1. The zero-order valence-corrected chi connectivity index (χ0v) is 12.6. The molecule has 2 atom stereocenters. The van der Waals surface area contributed by atoms with Gasteiger partial charge in [0.1, 0.15) is 12.7 Å². The lowest BCUT2D eigenvalue weighted by molar-refractivity contribution is 0.0682. The second kappa shape index (κ2) is 6.27. The molecule has 1 aliphatic rings. The Hall–Kier alpha value is -2.21. The molecule has 0 radical (unpaired) electrons. The average Bonchev–Trinajstić information content (AvgIpc) is 3.17. The van der Waals surface area contributed by atoms with E-state index in [9.17, 15) is 9.90 Å². The van der Waals surface area contributed by atoms with Crippen LogP contribution < -0.4 is 0 Å². The van der Waals surface area contributed by atoms with Crippen molar-refractivity contribution < 1.29 is 9.90 Å². The molecule has 2 unspecified atom stereocenters. The third-order valence-corrected chi connectivity index (χ3v) is 4.08. The van der Waals surface area contributed by atoms with Gasteiger partial charge in [-0.25, -0.2) is 0 Å². The standard InChI is InChI=1S/C16H20N4O2/c1-12(21)9-15-3-2-8-20(15)16(22)13-4-6-14(7-5-13)19-10-17-18-11-19/h4-7,10-12,15,21H,2-3,8-9H2,1H3. The Morgan fingerprint density at radius 3 is 2.64 bits per heavy atom. The zero-order chi connectivity index (χ0) is 15.5. The van der Waals surface area contributed by atoms with Gasteiger partial charge in [-0.1, -0.05) is 0 Å². The number of benzene rings is 1. The summed E-state index contributed by atoms with van der Waals surface area (Å²) in [5.41, 5.74) is 1.60. The van der Waals surface area contributed by atoms with Gasteiger partial charge in [-0.15, -0.1) is 10.2 Å². The molecule has 2 heterocycles. The summed E-state index contributed by atoms with van der Waals surface area (Å²) in [6, 6.07) is 7.57. The monoisotopic (exact) mass is 300 g/mol. The number of nitrogens with zero attached hydrogens (tertiary/aromatic N) is 4. The molecule has 1 fully saturated rings. The summed E-state index contributed by atoms with van der Waals surface area (Å²) in [5.74, 6) is 0.0402. The Morgan fingerprint density at radius 1 is 1.32 bits per heavy atom. The van der Waals surface area contributed by atoms with Crippen LogP contribution in [0.15, 0.2) is 36.9 Å². The molecule has 1 aliphatic heterocycles. The lowest BCUT2D eigenvalue weighted by Crippen LogP contribution is -2.37. The minimum Gasteiger partial charge on any atom is -0.393 e. The zero-order valence-electron chi connectivity index (χ0n) is 12.6. The van der Waals surface area contributed by atoms with Crippen LogP contribution >= 0.6 is 0 Å². The molecule has 1 aromatic heterocycles. The van der Waals surface area contributed by atoms with Gasteiger partial charge in [0.2, 0.25) is 0 Å². The van der Waals surface area contributed by atoms with E-state index in [0.29, 0.717) is 12.0 Å². The molecule has 1 saturated heterocycles. The third kappa shape index (κ3) is 3.01. The molecule has 2 aromatic rings. The Morgan fingerprint density at radius 2 is 2.00 bits per heavy atom. The first-order chi connectivity index (χ1) is 10.6. The van der Waals surface area contributed by atoms with Gasteiger partial charge < -0.3 is 10.0 Å². The molecule has 0 saturated carbocycles. The van der Waals surface area contributed by atoms with E-state index in [1.165, 1.54) is 0 Å². The van der Waals surface area contributed by atoms with Crippen molar-refractivity contribution in [2.24, 2.45) is 0 Å². The summed E-state index contributed by atoms with van der Waals surface area (Å²) in [7, 11) is 0. The molecule has 6 heteroatoms. The van der Waals surface area contributed by atoms with Crippen molar-refractivity contribution in [2.75, 3.05) is 6.54 Å². The Kier molecular flexibility index (Phi) is 4.20. The molecule has 1 aromatic carbocycles. The predicted molar refractivity (Wildman–Crippen MR) is 81.7 cm³/mol. The summed E-state index contributed by atoms with van der Waals surface area (Å²) in [4.78, 5) is 14.5. The first-order valence-corrected chi connectivity index (χ1v) is 7.59. The van der Waals surface area contributed by atoms with Gasteiger partial charge in [0, 0.05) is 23.8 Å². The Labute approximate surface area is 129 Å². The molecule has 1 N–H and O–H groups in total. The summed E-state index contributed by atoms with van der Waals surface area (Å²) < 4.78 is 1.79. The fraction of sp³-hybridized carbons (Fsp3) is 0.438. The van der Waals surface area contributed by atoms with Crippen LogP contribution in [0.1, 0.15) is 36.5 Å². The molecule has 0 spiro atoms. The van der Waals surface area contributed by atoms with Gasteiger partial charge in [0.25, 0.3) is 5.91 Å². The van der Waals surface area contributed by atoms with Crippen molar-refractivity contribution >= 4 is 5.91 Å². The number of likely N-dealkylation sites (tertiary alicyclic amines) is 1. The van der Waals surface area contributed by atoms with Crippen molar-refractivity contribution in [1.82, 2.24) is 19.7 Å². The summed E-state index contributed by atoms with van der Waals surface area (Å²) >= 11 is 0. The molecule has 6 nitrogen and oxygen atoms in total. The fourth-order valence-corrected chi connectivity index (χ4v) is 3.02. The predicted octanol–water partition coefficient (Wildman–Crippen LogP) is 1.64. The maximum Gasteiger partial charge on any atom is 0.254 e. The highest BCUT2D eigenvalue weighted by Crippen LogP contribution is 2.24. The van der Waals surface area contributed by atoms with Crippen LogP contribution in [0, 0.1) is 0 Å². The van der Waals surface area contributed by atoms with Crippen molar-refractivity contribution in [1.29, 1.82) is 0 Å². The minimum absolute atomic E-state index is 0.0402. The molecular weight excluding hydrogens is 280 g/mol. The number of amides is 1. The van der Waals surface area contributed by atoms with E-state index in [4.69, 9.17) is 0 Å². The maximum absolute atomic E-state index is 12.6. The second-order valence-electron chi connectivity index (χ2n) is 5.80. The molecular formula is C16H20N4O2. The van der Waals surface area contributed by atoms with Gasteiger partial charge in [-0.05, 0) is 50.5 Å². The fourth-order valence-electron chi connectivity index (χ4n) is 3.02. The van der Waals surface area contributed by atoms with Crippen LogP contribution in [0.2, 0.25) is 0 Å². The van der Waals surface area contributed by atoms with Crippen molar-refractivity contribution in [2.45, 2.75) is 38.3 Å². The van der Waals surface area contributed by atoms with Crippen molar-refractivity contribution in [3.63, 3.8) is 0 Å². The topological polar surface area (TPSA) is 71.2 Å². The average molecular weight is 300 g/mol. The molecule has 0 bridgehead atoms. The number of aliphatic hydroxyl groups excluding tert-OH is 1. The van der Waals surface area contributed by atoms with Gasteiger partial charge in [-0.3, -0.25) is 9.36 Å². The van der Waals surface area contributed by atoms with E-state index in [-0.39, 0.29) is 18.1 Å². The molecule has 116 valence electrons. The number of aliphatic hydroxyl groups is 1. The first kappa shape index (κ1) is 14.7. The van der Waals surface area contributed by atoms with Gasteiger partial charge >= 0.3 is 0 Å². The summed E-state index contributed by atoms with van der Waals surface area (Å²) in [5, 5.41) is 17.1. The smallest absolute Gasteiger partial charge is 0.254 e. The van der Waals surface area contributed by atoms with E-state index in [1.807, 2.05) is 29.2 Å². The van der Waals surface area contributed by atoms with E-state index < -0.39 is 0 Å². The second-order valence-corrected chi connectivity index (χ2v) is 5.80. The number of rotatable bonds is 4. The van der Waals surface area contributed by atoms with Crippen LogP contribution in [0.4, 0.5) is 0 Å². The van der Waals surface area contributed by atoms with Gasteiger partial charge in [-0.2, -0.15) is 0 Å². The lowest BCUT2D eigenvalue weighted by atomic mass is 10.1. The maximum atomic E-state index is 12.6. The molecule has 0 aliphatic carbocycles. The van der Waals surface area contributed by atoms with Crippen LogP contribution in [-0.4, -0.2) is 49.4 Å². The number of hydrogen-bond donors (Lipinski definition) is 1. The first-order valence-electron chi connectivity index (χ1n) is 7.59. The largest absolute Gasteiger partial charge is 0.393 e. The van der Waals surface area contributed by atoms with Crippen LogP contribution in [0.3, 0.4) is 0 Å². The Bertz CT molecular complexity index is 622. The number of aromatic nitrogens is 3. The van der Waals surface area contributed by atoms with Crippen molar-refractivity contribution in [3.8, 4) is 5.69 Å². The van der Waals surface area contributed by atoms with Crippen LogP contribution in [0.5, 0.6) is 0 Å². The van der Waals surface area contributed by atoms with Crippen LogP contribution in [0.25, 0.3) is 5.69 Å². The highest BCUT2D eigenvalue weighted by Gasteiger charge is 2.30. The number of hydrogen-bond acceptors (Lipinski definition) is 4. The third-order valence-electron chi connectivity index (χ3n) is 4.08. The minimum atomic E-state index is -0.380.